The van der Waals surface area contributed by atoms with Crippen LogP contribution in [-0.4, -0.2) is 20.8 Å². The van der Waals surface area contributed by atoms with E-state index in [0.717, 1.165) is 31.3 Å². The molecular formula is C15H26N4. The molecule has 0 radical (unpaired) electrons. The Morgan fingerprint density at radius 2 is 2.05 bits per heavy atom. The molecule has 1 aromatic rings. The molecule has 3 rings (SSSR count). The Hall–Kier alpha value is -0.900. The fraction of sp³-hybridized carbons (Fsp3) is 0.867. The van der Waals surface area contributed by atoms with Gasteiger partial charge in [-0.25, -0.2) is 0 Å². The van der Waals surface area contributed by atoms with Crippen LogP contribution in [0, 0.1) is 11.8 Å². The zero-order valence-corrected chi connectivity index (χ0v) is 12.2. The summed E-state index contributed by atoms with van der Waals surface area (Å²) in [5.41, 5.74) is 0. The second-order valence-electron chi connectivity index (χ2n) is 6.48. The zero-order valence-electron chi connectivity index (χ0n) is 12.2. The number of nitrogens with one attached hydrogen (secondary N) is 1. The average Bonchev–Trinajstić information content (AvgIpc) is 3.17. The Labute approximate surface area is 116 Å². The van der Waals surface area contributed by atoms with Gasteiger partial charge in [-0.2, -0.15) is 0 Å². The van der Waals surface area contributed by atoms with Crippen molar-refractivity contribution in [1.82, 2.24) is 20.1 Å². The summed E-state index contributed by atoms with van der Waals surface area (Å²) in [5.74, 6) is 3.94. The van der Waals surface area contributed by atoms with E-state index in [2.05, 4.69) is 33.9 Å². The monoisotopic (exact) mass is 262 g/mol. The van der Waals surface area contributed by atoms with Crippen LogP contribution in [-0.2, 0) is 19.5 Å². The summed E-state index contributed by atoms with van der Waals surface area (Å²) < 4.78 is 2.35. The van der Waals surface area contributed by atoms with E-state index in [-0.39, 0.29) is 0 Å². The van der Waals surface area contributed by atoms with Crippen LogP contribution >= 0.6 is 0 Å². The molecule has 4 heteroatoms. The van der Waals surface area contributed by atoms with Crippen molar-refractivity contribution in [3.8, 4) is 0 Å². The lowest BCUT2D eigenvalue weighted by atomic mass is 10.00. The molecule has 1 saturated carbocycles. The highest BCUT2D eigenvalue weighted by Crippen LogP contribution is 2.35. The first-order valence-electron chi connectivity index (χ1n) is 7.90. The van der Waals surface area contributed by atoms with Gasteiger partial charge in [0.25, 0.3) is 0 Å². The molecular weight excluding hydrogens is 236 g/mol. The maximum atomic E-state index is 4.40. The molecule has 1 aliphatic heterocycles. The van der Waals surface area contributed by atoms with Crippen LogP contribution in [0.3, 0.4) is 0 Å². The lowest BCUT2D eigenvalue weighted by Gasteiger charge is -2.22. The summed E-state index contributed by atoms with van der Waals surface area (Å²) in [5, 5.41) is 12.5. The maximum absolute atomic E-state index is 4.40. The Morgan fingerprint density at radius 1 is 1.21 bits per heavy atom. The third kappa shape index (κ3) is 2.99. The van der Waals surface area contributed by atoms with Crippen LogP contribution < -0.4 is 5.32 Å². The lowest BCUT2D eigenvalue weighted by molar-refractivity contribution is 0.352. The molecule has 0 spiro atoms. The molecule has 1 aliphatic carbocycles. The molecule has 4 nitrogen and oxygen atoms in total. The van der Waals surface area contributed by atoms with Crippen molar-refractivity contribution in [2.75, 3.05) is 0 Å². The molecule has 0 unspecified atom stereocenters. The van der Waals surface area contributed by atoms with Gasteiger partial charge in [-0.3, -0.25) is 0 Å². The van der Waals surface area contributed by atoms with Crippen LogP contribution in [0.5, 0.6) is 0 Å². The van der Waals surface area contributed by atoms with Gasteiger partial charge in [0.1, 0.15) is 11.6 Å². The third-order valence-electron chi connectivity index (χ3n) is 4.53. The molecule has 1 N–H and O–H groups in total. The molecule has 19 heavy (non-hydrogen) atoms. The van der Waals surface area contributed by atoms with Crippen molar-refractivity contribution in [3.05, 3.63) is 11.6 Å². The molecule has 1 aromatic heterocycles. The van der Waals surface area contributed by atoms with Gasteiger partial charge < -0.3 is 9.88 Å². The Morgan fingerprint density at radius 3 is 2.79 bits per heavy atom. The number of rotatable bonds is 5. The summed E-state index contributed by atoms with van der Waals surface area (Å²) in [4.78, 5) is 0. The van der Waals surface area contributed by atoms with Crippen molar-refractivity contribution in [2.24, 2.45) is 11.8 Å². The van der Waals surface area contributed by atoms with Crippen LogP contribution in [0.2, 0.25) is 0 Å². The largest absolute Gasteiger partial charge is 0.314 e. The van der Waals surface area contributed by atoms with E-state index in [1.54, 1.807) is 0 Å². The van der Waals surface area contributed by atoms with Crippen molar-refractivity contribution in [2.45, 2.75) is 71.5 Å². The molecule has 0 saturated heterocycles. The molecule has 0 aromatic carbocycles. The van der Waals surface area contributed by atoms with E-state index >= 15 is 0 Å². The van der Waals surface area contributed by atoms with E-state index in [0.29, 0.717) is 12.0 Å². The fourth-order valence-electron chi connectivity index (χ4n) is 3.29. The first-order chi connectivity index (χ1) is 9.25. The zero-order chi connectivity index (χ0) is 13.2. The molecule has 2 aliphatic rings. The van der Waals surface area contributed by atoms with Gasteiger partial charge in [0.05, 0.1) is 6.54 Å². The minimum Gasteiger partial charge on any atom is -0.314 e. The number of nitrogens with zero attached hydrogens (tertiary/aromatic N) is 3. The molecule has 1 atom stereocenters. The Bertz CT molecular complexity index is 418. The number of hydrogen-bond donors (Lipinski definition) is 1. The standard InChI is InChI=1S/C15H26N4/c1-11(2)15(12-7-8-12)16-10-14-18-17-13-6-4-3-5-9-19(13)14/h11-12,15-16H,3-10H2,1-2H3/t15-/m1/s1. The Balaban J connectivity index is 1.64. The normalized spacial score (nSPS) is 21.2. The molecule has 2 heterocycles. The van der Waals surface area contributed by atoms with Gasteiger partial charge in [-0.05, 0) is 37.5 Å². The van der Waals surface area contributed by atoms with Crippen molar-refractivity contribution in [3.63, 3.8) is 0 Å². The first kappa shape index (κ1) is 13.1. The van der Waals surface area contributed by atoms with E-state index in [1.165, 1.54) is 37.9 Å². The summed E-state index contributed by atoms with van der Waals surface area (Å²) in [6.45, 7) is 6.63. The topological polar surface area (TPSA) is 42.7 Å². The van der Waals surface area contributed by atoms with Gasteiger partial charge in [0.2, 0.25) is 0 Å². The highest BCUT2D eigenvalue weighted by molar-refractivity contribution is 4.99. The van der Waals surface area contributed by atoms with Gasteiger partial charge in [-0.15, -0.1) is 10.2 Å². The number of hydrogen-bond acceptors (Lipinski definition) is 3. The quantitative estimate of drug-likeness (QED) is 0.886. The average molecular weight is 262 g/mol. The second kappa shape index (κ2) is 5.61. The smallest absolute Gasteiger partial charge is 0.147 e. The molecule has 106 valence electrons. The minimum absolute atomic E-state index is 0.652. The van der Waals surface area contributed by atoms with Gasteiger partial charge in [0, 0.05) is 19.0 Å². The minimum atomic E-state index is 0.652. The van der Waals surface area contributed by atoms with Crippen molar-refractivity contribution >= 4 is 0 Å². The van der Waals surface area contributed by atoms with Gasteiger partial charge >= 0.3 is 0 Å². The SMILES string of the molecule is CC(C)[C@@H](NCc1nnc2n1CCCCC2)C1CC1. The molecule has 0 amide bonds. The van der Waals surface area contributed by atoms with Crippen molar-refractivity contribution in [1.29, 1.82) is 0 Å². The van der Waals surface area contributed by atoms with Crippen LogP contribution in [0.25, 0.3) is 0 Å². The predicted octanol–water partition coefficient (Wildman–Crippen LogP) is 2.53. The van der Waals surface area contributed by atoms with Crippen LogP contribution in [0.4, 0.5) is 0 Å². The van der Waals surface area contributed by atoms with E-state index in [4.69, 9.17) is 0 Å². The highest BCUT2D eigenvalue weighted by Gasteiger charge is 2.33. The summed E-state index contributed by atoms with van der Waals surface area (Å²) in [7, 11) is 0. The summed E-state index contributed by atoms with van der Waals surface area (Å²) in [6, 6.07) is 0.652. The number of aryl methyl sites for hydroxylation is 1. The maximum Gasteiger partial charge on any atom is 0.147 e. The first-order valence-corrected chi connectivity index (χ1v) is 7.90. The predicted molar refractivity (Wildman–Crippen MR) is 75.8 cm³/mol. The van der Waals surface area contributed by atoms with Gasteiger partial charge in [-0.1, -0.05) is 20.3 Å². The number of fused-ring (bicyclic) bond motifs is 1. The van der Waals surface area contributed by atoms with Crippen LogP contribution in [0.15, 0.2) is 0 Å². The van der Waals surface area contributed by atoms with E-state index in [9.17, 15) is 0 Å². The van der Waals surface area contributed by atoms with Crippen molar-refractivity contribution < 1.29 is 0 Å². The summed E-state index contributed by atoms with van der Waals surface area (Å²) >= 11 is 0. The van der Waals surface area contributed by atoms with E-state index in [1.807, 2.05) is 0 Å². The van der Waals surface area contributed by atoms with Gasteiger partial charge in [0.15, 0.2) is 0 Å². The molecule has 1 fully saturated rings. The third-order valence-corrected chi connectivity index (χ3v) is 4.53. The number of aromatic nitrogens is 3. The summed E-state index contributed by atoms with van der Waals surface area (Å²) in [6.07, 6.45) is 7.76. The highest BCUT2D eigenvalue weighted by atomic mass is 15.3. The lowest BCUT2D eigenvalue weighted by Crippen LogP contribution is -2.36. The second-order valence-corrected chi connectivity index (χ2v) is 6.48. The van der Waals surface area contributed by atoms with Crippen LogP contribution in [0.1, 0.15) is 57.6 Å². The Kier molecular flexibility index (Phi) is 3.87. The molecule has 0 bridgehead atoms. The fourth-order valence-corrected chi connectivity index (χ4v) is 3.29. The van der Waals surface area contributed by atoms with E-state index < -0.39 is 0 Å².